The van der Waals surface area contributed by atoms with E-state index in [-0.39, 0.29) is 12.3 Å². The van der Waals surface area contributed by atoms with Crippen LogP contribution in [0.25, 0.3) is 0 Å². The van der Waals surface area contributed by atoms with Gasteiger partial charge in [-0.2, -0.15) is 0 Å². The first kappa shape index (κ1) is 14.4. The van der Waals surface area contributed by atoms with Crippen LogP contribution in [0.15, 0.2) is 24.3 Å². The number of aliphatic carboxylic acids is 1. The summed E-state index contributed by atoms with van der Waals surface area (Å²) in [6.07, 6.45) is 0.664. The van der Waals surface area contributed by atoms with Crippen LogP contribution in [0.1, 0.15) is 31.4 Å². The van der Waals surface area contributed by atoms with E-state index in [1.807, 2.05) is 31.2 Å². The summed E-state index contributed by atoms with van der Waals surface area (Å²) in [7, 11) is 1.66. The summed E-state index contributed by atoms with van der Waals surface area (Å²) < 4.78 is 5.44. The Labute approximate surface area is 118 Å². The van der Waals surface area contributed by atoms with Crippen LogP contribution in [0.5, 0.6) is 5.75 Å². The van der Waals surface area contributed by atoms with Crippen molar-refractivity contribution in [1.82, 2.24) is 4.90 Å². The minimum atomic E-state index is -0.865. The second-order valence-electron chi connectivity index (χ2n) is 4.94. The van der Waals surface area contributed by atoms with Crippen molar-refractivity contribution in [1.29, 1.82) is 0 Å². The van der Waals surface area contributed by atoms with E-state index in [1.54, 1.807) is 7.05 Å². The van der Waals surface area contributed by atoms with Gasteiger partial charge >= 0.3 is 5.97 Å². The topological polar surface area (TPSA) is 66.8 Å². The summed E-state index contributed by atoms with van der Waals surface area (Å²) in [5.74, 6) is -0.763. The molecule has 1 aromatic rings. The molecule has 0 radical (unpaired) electrons. The van der Waals surface area contributed by atoms with Crippen molar-refractivity contribution in [3.63, 3.8) is 0 Å². The largest absolute Gasteiger partial charge is 0.494 e. The van der Waals surface area contributed by atoms with Gasteiger partial charge in [0.25, 0.3) is 0 Å². The lowest BCUT2D eigenvalue weighted by Crippen LogP contribution is -2.42. The fraction of sp³-hybridized carbons (Fsp3) is 0.467. The van der Waals surface area contributed by atoms with Gasteiger partial charge in [-0.3, -0.25) is 9.59 Å². The number of ether oxygens (including phenoxy) is 1. The molecule has 0 bridgehead atoms. The van der Waals surface area contributed by atoms with Crippen LogP contribution in [-0.4, -0.2) is 35.5 Å². The highest BCUT2D eigenvalue weighted by Crippen LogP contribution is 2.36. The van der Waals surface area contributed by atoms with Crippen molar-refractivity contribution in [2.45, 2.75) is 25.8 Å². The average molecular weight is 277 g/mol. The normalized spacial score (nSPS) is 22.7. The van der Waals surface area contributed by atoms with E-state index < -0.39 is 17.9 Å². The lowest BCUT2D eigenvalue weighted by molar-refractivity contribution is -0.150. The Morgan fingerprint density at radius 3 is 2.90 bits per heavy atom. The van der Waals surface area contributed by atoms with Gasteiger partial charge in [-0.05, 0) is 31.0 Å². The van der Waals surface area contributed by atoms with Gasteiger partial charge in [0.1, 0.15) is 5.75 Å². The first-order valence-electron chi connectivity index (χ1n) is 6.75. The molecule has 1 aromatic carbocycles. The first-order valence-corrected chi connectivity index (χ1v) is 6.75. The van der Waals surface area contributed by atoms with Gasteiger partial charge in [0.15, 0.2) is 0 Å². The summed E-state index contributed by atoms with van der Waals surface area (Å²) in [6, 6.07) is 6.88. The highest BCUT2D eigenvalue weighted by atomic mass is 16.5. The summed E-state index contributed by atoms with van der Waals surface area (Å²) in [5, 5.41) is 9.38. The summed E-state index contributed by atoms with van der Waals surface area (Å²) >= 11 is 0. The third-order valence-electron chi connectivity index (χ3n) is 3.69. The number of amides is 1. The molecular weight excluding hydrogens is 258 g/mol. The zero-order valence-electron chi connectivity index (χ0n) is 11.7. The van der Waals surface area contributed by atoms with Crippen molar-refractivity contribution in [2.75, 3.05) is 13.7 Å². The Kier molecular flexibility index (Phi) is 4.27. The van der Waals surface area contributed by atoms with E-state index in [0.717, 1.165) is 5.56 Å². The van der Waals surface area contributed by atoms with Crippen LogP contribution in [0.2, 0.25) is 0 Å². The van der Waals surface area contributed by atoms with Gasteiger partial charge in [0.2, 0.25) is 5.91 Å². The van der Waals surface area contributed by atoms with Crippen LogP contribution in [0.4, 0.5) is 0 Å². The van der Waals surface area contributed by atoms with E-state index in [0.29, 0.717) is 18.8 Å². The van der Waals surface area contributed by atoms with Crippen molar-refractivity contribution < 1.29 is 19.4 Å². The molecule has 2 atom stereocenters. The minimum Gasteiger partial charge on any atom is -0.494 e. The van der Waals surface area contributed by atoms with Crippen LogP contribution >= 0.6 is 0 Å². The molecule has 2 unspecified atom stereocenters. The third kappa shape index (κ3) is 2.76. The second-order valence-corrected chi connectivity index (χ2v) is 4.94. The van der Waals surface area contributed by atoms with Crippen LogP contribution in [0.3, 0.4) is 0 Å². The Bertz CT molecular complexity index is 514. The standard InChI is InChI=1S/C15H19NO4/c1-3-20-11-6-4-5-10(9-11)14-12(15(18)19)7-8-13(17)16(14)2/h4-6,9,12,14H,3,7-8H2,1-2H3,(H,18,19). The van der Waals surface area contributed by atoms with Gasteiger partial charge in [-0.1, -0.05) is 12.1 Å². The molecule has 108 valence electrons. The first-order chi connectivity index (χ1) is 9.54. The summed E-state index contributed by atoms with van der Waals surface area (Å²) in [6.45, 7) is 2.44. The lowest BCUT2D eigenvalue weighted by Gasteiger charge is -2.37. The molecule has 1 amide bonds. The molecule has 1 saturated heterocycles. The maximum Gasteiger partial charge on any atom is 0.308 e. The number of benzene rings is 1. The zero-order valence-corrected chi connectivity index (χ0v) is 11.7. The van der Waals surface area contributed by atoms with Crippen LogP contribution < -0.4 is 4.74 Å². The minimum absolute atomic E-state index is 0.0192. The fourth-order valence-corrected chi connectivity index (χ4v) is 2.71. The highest BCUT2D eigenvalue weighted by molar-refractivity contribution is 5.81. The number of nitrogens with zero attached hydrogens (tertiary/aromatic N) is 1. The second kappa shape index (κ2) is 5.94. The van der Waals surface area contributed by atoms with Crippen molar-refractivity contribution >= 4 is 11.9 Å². The maximum absolute atomic E-state index is 11.9. The molecule has 1 heterocycles. The van der Waals surface area contributed by atoms with Crippen molar-refractivity contribution in [3.05, 3.63) is 29.8 Å². The molecule has 0 spiro atoms. The van der Waals surface area contributed by atoms with Crippen molar-refractivity contribution in [2.24, 2.45) is 5.92 Å². The molecule has 0 saturated carbocycles. The maximum atomic E-state index is 11.9. The Morgan fingerprint density at radius 1 is 1.50 bits per heavy atom. The Hall–Kier alpha value is -2.04. The van der Waals surface area contributed by atoms with Crippen LogP contribution in [-0.2, 0) is 9.59 Å². The van der Waals surface area contributed by atoms with Gasteiger partial charge in [-0.15, -0.1) is 0 Å². The molecule has 0 aliphatic carbocycles. The molecular formula is C15H19NO4. The Balaban J connectivity index is 2.36. The fourth-order valence-electron chi connectivity index (χ4n) is 2.71. The lowest BCUT2D eigenvalue weighted by atomic mass is 9.84. The average Bonchev–Trinajstić information content (AvgIpc) is 2.42. The number of piperidine rings is 1. The molecule has 0 aromatic heterocycles. The number of carboxylic acids is 1. The molecule has 1 fully saturated rings. The Morgan fingerprint density at radius 2 is 2.25 bits per heavy atom. The molecule has 5 heteroatoms. The number of rotatable bonds is 4. The smallest absolute Gasteiger partial charge is 0.308 e. The molecule has 2 rings (SSSR count). The van der Waals surface area contributed by atoms with E-state index >= 15 is 0 Å². The number of hydrogen-bond donors (Lipinski definition) is 1. The van der Waals surface area contributed by atoms with Crippen molar-refractivity contribution in [3.8, 4) is 5.75 Å². The van der Waals surface area contributed by atoms with E-state index in [1.165, 1.54) is 4.90 Å². The number of likely N-dealkylation sites (tertiary alicyclic amines) is 1. The number of carboxylic acid groups (broad SMARTS) is 1. The summed E-state index contributed by atoms with van der Waals surface area (Å²) in [5.41, 5.74) is 0.805. The predicted octanol–water partition coefficient (Wildman–Crippen LogP) is 2.08. The highest BCUT2D eigenvalue weighted by Gasteiger charge is 2.38. The van der Waals surface area contributed by atoms with Gasteiger partial charge in [0.05, 0.1) is 18.6 Å². The van der Waals surface area contributed by atoms with Gasteiger partial charge in [-0.25, -0.2) is 0 Å². The van der Waals surface area contributed by atoms with E-state index in [2.05, 4.69) is 0 Å². The van der Waals surface area contributed by atoms with E-state index in [4.69, 9.17) is 4.74 Å². The van der Waals surface area contributed by atoms with Gasteiger partial charge < -0.3 is 14.7 Å². The molecule has 1 aliphatic rings. The molecule has 5 nitrogen and oxygen atoms in total. The molecule has 20 heavy (non-hydrogen) atoms. The third-order valence-corrected chi connectivity index (χ3v) is 3.69. The van der Waals surface area contributed by atoms with Crippen LogP contribution in [0, 0.1) is 5.92 Å². The SMILES string of the molecule is CCOc1cccc(C2C(C(=O)O)CCC(=O)N2C)c1. The number of hydrogen-bond acceptors (Lipinski definition) is 3. The molecule has 1 aliphatic heterocycles. The molecule has 1 N–H and O–H groups in total. The van der Waals surface area contributed by atoms with Gasteiger partial charge in [0, 0.05) is 13.5 Å². The summed E-state index contributed by atoms with van der Waals surface area (Å²) in [4.78, 5) is 24.8. The monoisotopic (exact) mass is 277 g/mol. The number of carbonyl (C=O) groups is 2. The van der Waals surface area contributed by atoms with E-state index in [9.17, 15) is 14.7 Å². The zero-order chi connectivity index (χ0) is 14.7. The quantitative estimate of drug-likeness (QED) is 0.915. The predicted molar refractivity (Wildman–Crippen MR) is 73.5 cm³/mol. The number of carbonyl (C=O) groups excluding carboxylic acids is 1.